The van der Waals surface area contributed by atoms with E-state index in [1.165, 1.54) is 16.7 Å². The highest BCUT2D eigenvalue weighted by molar-refractivity contribution is 5.94. The molecule has 0 atom stereocenters. The number of hydrogen-bond acceptors (Lipinski definition) is 5. The molecule has 2 aliphatic heterocycles. The lowest BCUT2D eigenvalue weighted by atomic mass is 9.97. The third-order valence-corrected chi connectivity index (χ3v) is 5.07. The second kappa shape index (κ2) is 7.39. The summed E-state index contributed by atoms with van der Waals surface area (Å²) in [7, 11) is 3.12. The number of fused-ring (bicyclic) bond motifs is 2. The zero-order chi connectivity index (χ0) is 18.8. The van der Waals surface area contributed by atoms with Crippen LogP contribution in [0.15, 0.2) is 24.3 Å². The highest BCUT2D eigenvalue weighted by atomic mass is 16.5. The number of methoxy groups -OCH3 is 2. The molecule has 6 nitrogen and oxygen atoms in total. The van der Waals surface area contributed by atoms with E-state index in [-0.39, 0.29) is 5.91 Å². The van der Waals surface area contributed by atoms with Crippen molar-refractivity contribution in [3.05, 3.63) is 46.5 Å². The van der Waals surface area contributed by atoms with Gasteiger partial charge in [0.25, 0.3) is 5.91 Å². The van der Waals surface area contributed by atoms with E-state index in [2.05, 4.69) is 11.4 Å². The molecule has 2 aromatic carbocycles. The lowest BCUT2D eigenvalue weighted by Gasteiger charge is -2.14. The van der Waals surface area contributed by atoms with Crippen molar-refractivity contribution in [2.75, 3.05) is 34.0 Å². The molecular formula is C21H23NO5. The van der Waals surface area contributed by atoms with Crippen LogP contribution in [0.1, 0.15) is 27.0 Å². The molecule has 0 saturated carbocycles. The minimum atomic E-state index is -0.141. The van der Waals surface area contributed by atoms with Crippen LogP contribution < -0.4 is 24.3 Å². The summed E-state index contributed by atoms with van der Waals surface area (Å²) in [4.78, 5) is 12.5. The Bertz CT molecular complexity index is 845. The van der Waals surface area contributed by atoms with Gasteiger partial charge in [-0.3, -0.25) is 4.79 Å². The van der Waals surface area contributed by atoms with Crippen molar-refractivity contribution >= 4 is 5.91 Å². The van der Waals surface area contributed by atoms with Crippen LogP contribution in [0.2, 0.25) is 0 Å². The van der Waals surface area contributed by atoms with E-state index < -0.39 is 0 Å². The maximum absolute atomic E-state index is 12.5. The minimum Gasteiger partial charge on any atom is -0.493 e. The zero-order valence-electron chi connectivity index (χ0n) is 15.6. The molecule has 27 heavy (non-hydrogen) atoms. The molecule has 6 heteroatoms. The van der Waals surface area contributed by atoms with Gasteiger partial charge in [-0.25, -0.2) is 0 Å². The Morgan fingerprint density at radius 2 is 1.89 bits per heavy atom. The lowest BCUT2D eigenvalue weighted by molar-refractivity contribution is 0.0953. The molecule has 1 N–H and O–H groups in total. The highest BCUT2D eigenvalue weighted by Crippen LogP contribution is 2.40. The molecule has 0 spiro atoms. The van der Waals surface area contributed by atoms with E-state index in [4.69, 9.17) is 18.9 Å². The normalized spacial score (nSPS) is 14.0. The molecule has 0 fully saturated rings. The maximum Gasteiger partial charge on any atom is 0.251 e. The Labute approximate surface area is 158 Å². The summed E-state index contributed by atoms with van der Waals surface area (Å²) < 4.78 is 22.1. The minimum absolute atomic E-state index is 0.141. The Kier molecular flexibility index (Phi) is 4.79. The maximum atomic E-state index is 12.5. The molecule has 1 amide bonds. The molecule has 2 heterocycles. The van der Waals surface area contributed by atoms with Gasteiger partial charge in [-0.05, 0) is 30.7 Å². The van der Waals surface area contributed by atoms with Crippen molar-refractivity contribution in [3.63, 3.8) is 0 Å². The zero-order valence-corrected chi connectivity index (χ0v) is 15.6. The molecule has 0 radical (unpaired) electrons. The smallest absolute Gasteiger partial charge is 0.251 e. The number of amides is 1. The molecule has 0 saturated heterocycles. The molecule has 0 bridgehead atoms. The molecule has 2 aliphatic rings. The van der Waals surface area contributed by atoms with Crippen LogP contribution in [0.25, 0.3) is 0 Å². The summed E-state index contributed by atoms with van der Waals surface area (Å²) in [5.41, 5.74) is 4.13. The second-order valence-corrected chi connectivity index (χ2v) is 6.59. The van der Waals surface area contributed by atoms with Gasteiger partial charge in [0.05, 0.1) is 27.4 Å². The number of carbonyl (C=O) groups excluding carboxylic acids is 1. The van der Waals surface area contributed by atoms with Crippen molar-refractivity contribution in [2.45, 2.75) is 19.3 Å². The van der Waals surface area contributed by atoms with Gasteiger partial charge in [-0.1, -0.05) is 0 Å². The Balaban J connectivity index is 1.46. The van der Waals surface area contributed by atoms with Crippen molar-refractivity contribution in [1.82, 2.24) is 5.32 Å². The van der Waals surface area contributed by atoms with E-state index in [0.717, 1.165) is 24.3 Å². The highest BCUT2D eigenvalue weighted by Gasteiger charge is 2.26. The van der Waals surface area contributed by atoms with Gasteiger partial charge in [0.2, 0.25) is 0 Å². The van der Waals surface area contributed by atoms with E-state index in [9.17, 15) is 4.79 Å². The predicted octanol–water partition coefficient (Wildman–Crippen LogP) is 2.55. The van der Waals surface area contributed by atoms with Gasteiger partial charge < -0.3 is 24.3 Å². The van der Waals surface area contributed by atoms with Crippen molar-refractivity contribution in [1.29, 1.82) is 0 Å². The largest absolute Gasteiger partial charge is 0.493 e. The van der Waals surface area contributed by atoms with E-state index in [1.54, 1.807) is 32.4 Å². The Hall–Kier alpha value is -2.89. The van der Waals surface area contributed by atoms with E-state index in [1.807, 2.05) is 0 Å². The number of carbonyl (C=O) groups is 1. The van der Waals surface area contributed by atoms with Gasteiger partial charge >= 0.3 is 0 Å². The van der Waals surface area contributed by atoms with Crippen LogP contribution in [0, 0.1) is 0 Å². The average molecular weight is 369 g/mol. The summed E-state index contributed by atoms with van der Waals surface area (Å²) in [6.07, 6.45) is 2.52. The van der Waals surface area contributed by atoms with Gasteiger partial charge in [0.1, 0.15) is 11.5 Å². The number of ether oxygens (including phenoxy) is 4. The Morgan fingerprint density at radius 1 is 1.07 bits per heavy atom. The first-order valence-corrected chi connectivity index (χ1v) is 9.14. The molecule has 0 unspecified atom stereocenters. The summed E-state index contributed by atoms with van der Waals surface area (Å²) in [6.45, 7) is 1.95. The van der Waals surface area contributed by atoms with Gasteiger partial charge in [0, 0.05) is 41.6 Å². The summed E-state index contributed by atoms with van der Waals surface area (Å²) >= 11 is 0. The standard InChI is InChI=1S/C21H23NO5/c1-24-17-4-3-14(12-19(17)25-2)21(23)22-8-5-16-15-7-10-26-18(15)11-13-6-9-27-20(13)16/h3-4,11-12H,5-10H2,1-2H3,(H,22,23). The van der Waals surface area contributed by atoms with Crippen LogP contribution in [-0.2, 0) is 19.3 Å². The van der Waals surface area contributed by atoms with Crippen LogP contribution in [0.3, 0.4) is 0 Å². The molecular weight excluding hydrogens is 346 g/mol. The first-order valence-electron chi connectivity index (χ1n) is 9.14. The lowest BCUT2D eigenvalue weighted by Crippen LogP contribution is -2.26. The number of benzene rings is 2. The van der Waals surface area contributed by atoms with Crippen LogP contribution >= 0.6 is 0 Å². The van der Waals surface area contributed by atoms with E-state index >= 15 is 0 Å². The fourth-order valence-electron chi connectivity index (χ4n) is 3.73. The third kappa shape index (κ3) is 3.27. The quantitative estimate of drug-likeness (QED) is 0.848. The van der Waals surface area contributed by atoms with Crippen LogP contribution in [-0.4, -0.2) is 39.9 Å². The number of nitrogens with one attached hydrogen (secondary N) is 1. The molecule has 2 aromatic rings. The molecule has 4 rings (SSSR count). The molecule has 0 aromatic heterocycles. The topological polar surface area (TPSA) is 66.0 Å². The van der Waals surface area contributed by atoms with E-state index in [0.29, 0.717) is 43.2 Å². The SMILES string of the molecule is COc1ccc(C(=O)NCCc2c3c(cc4c2OCC4)OCC3)cc1OC. The van der Waals surface area contributed by atoms with Crippen molar-refractivity contribution in [3.8, 4) is 23.0 Å². The Morgan fingerprint density at radius 3 is 2.70 bits per heavy atom. The average Bonchev–Trinajstić information content (AvgIpc) is 3.35. The van der Waals surface area contributed by atoms with Crippen LogP contribution in [0.4, 0.5) is 0 Å². The predicted molar refractivity (Wildman–Crippen MR) is 100 cm³/mol. The van der Waals surface area contributed by atoms with Crippen molar-refractivity contribution in [2.24, 2.45) is 0 Å². The number of hydrogen-bond donors (Lipinski definition) is 1. The molecule has 0 aliphatic carbocycles. The first kappa shape index (κ1) is 17.5. The summed E-state index contributed by atoms with van der Waals surface area (Å²) in [5, 5.41) is 2.99. The number of rotatable bonds is 6. The first-order chi connectivity index (χ1) is 13.2. The van der Waals surface area contributed by atoms with Crippen LogP contribution in [0.5, 0.6) is 23.0 Å². The summed E-state index contributed by atoms with van der Waals surface area (Å²) in [5.74, 6) is 2.95. The van der Waals surface area contributed by atoms with Gasteiger partial charge in [0.15, 0.2) is 11.5 Å². The fraction of sp³-hybridized carbons (Fsp3) is 0.381. The fourth-order valence-corrected chi connectivity index (χ4v) is 3.73. The van der Waals surface area contributed by atoms with Gasteiger partial charge in [-0.15, -0.1) is 0 Å². The second-order valence-electron chi connectivity index (χ2n) is 6.59. The third-order valence-electron chi connectivity index (χ3n) is 5.07. The molecule has 142 valence electrons. The summed E-state index contributed by atoms with van der Waals surface area (Å²) in [6, 6.07) is 7.25. The van der Waals surface area contributed by atoms with Crippen molar-refractivity contribution < 1.29 is 23.7 Å². The monoisotopic (exact) mass is 369 g/mol. The van der Waals surface area contributed by atoms with Gasteiger partial charge in [-0.2, -0.15) is 0 Å².